The van der Waals surface area contributed by atoms with E-state index in [2.05, 4.69) is 15.3 Å². The zero-order valence-electron chi connectivity index (χ0n) is 21.2. The molecule has 38 heavy (non-hydrogen) atoms. The monoisotopic (exact) mass is 524 g/mol. The molecule has 198 valence electrons. The molecular weight excluding hydrogens is 497 g/mol. The molecule has 4 rings (SSSR count). The van der Waals surface area contributed by atoms with Gasteiger partial charge in [0.2, 0.25) is 0 Å². The number of hydrogen-bond donors (Lipinski definition) is 1. The van der Waals surface area contributed by atoms with Gasteiger partial charge in [0.25, 0.3) is 11.8 Å². The van der Waals surface area contributed by atoms with Gasteiger partial charge in [-0.2, -0.15) is 13.2 Å². The predicted molar refractivity (Wildman–Crippen MR) is 138 cm³/mol. The number of aromatic nitrogens is 2. The highest BCUT2D eigenvalue weighted by Crippen LogP contribution is 2.30. The quantitative estimate of drug-likeness (QED) is 0.440. The summed E-state index contributed by atoms with van der Waals surface area (Å²) in [6, 6.07) is 9.54. The van der Waals surface area contributed by atoms with Crippen LogP contribution in [-0.4, -0.2) is 41.5 Å². The van der Waals surface area contributed by atoms with E-state index in [1.165, 1.54) is 0 Å². The number of nitrogens with one attached hydrogen (secondary N) is 1. The normalized spacial score (nSPS) is 13.8. The molecule has 0 saturated carbocycles. The molecule has 1 N–H and O–H groups in total. The van der Waals surface area contributed by atoms with Crippen LogP contribution in [0.1, 0.15) is 41.8 Å². The maximum atomic E-state index is 13.1. The van der Waals surface area contributed by atoms with E-state index >= 15 is 0 Å². The topological polar surface area (TPSA) is 84.4 Å². The number of alkyl halides is 3. The van der Waals surface area contributed by atoms with Gasteiger partial charge in [0.05, 0.1) is 24.3 Å². The van der Waals surface area contributed by atoms with E-state index in [-0.39, 0.29) is 18.1 Å². The summed E-state index contributed by atoms with van der Waals surface area (Å²) < 4.78 is 44.5. The van der Waals surface area contributed by atoms with Gasteiger partial charge < -0.3 is 10.1 Å². The minimum Gasteiger partial charge on any atom is -0.376 e. The lowest BCUT2D eigenvalue weighted by molar-refractivity contribution is -0.137. The Morgan fingerprint density at radius 1 is 1.08 bits per heavy atom. The number of aryl methyl sites for hydroxylation is 1. The number of anilines is 2. The summed E-state index contributed by atoms with van der Waals surface area (Å²) in [7, 11) is 0. The Kier molecular flexibility index (Phi) is 7.91. The molecule has 2 aromatic heterocycles. The fourth-order valence-corrected chi connectivity index (χ4v) is 4.13. The van der Waals surface area contributed by atoms with Crippen LogP contribution in [-0.2, 0) is 15.7 Å². The molecule has 7 nitrogen and oxygen atoms in total. The van der Waals surface area contributed by atoms with Crippen LogP contribution < -0.4 is 10.2 Å². The molecule has 0 fully saturated rings. The lowest BCUT2D eigenvalue weighted by Gasteiger charge is -2.25. The maximum Gasteiger partial charge on any atom is 0.417 e. The number of hydrogen-bond acceptors (Lipinski definition) is 5. The minimum atomic E-state index is -4.60. The summed E-state index contributed by atoms with van der Waals surface area (Å²) in [5.74, 6) is -0.332. The number of carbonyl (C=O) groups is 2. The molecule has 2 amide bonds. The molecule has 0 bridgehead atoms. The van der Waals surface area contributed by atoms with Gasteiger partial charge in [0.15, 0.2) is 0 Å². The van der Waals surface area contributed by atoms with Crippen molar-refractivity contribution in [3.8, 4) is 11.1 Å². The van der Waals surface area contributed by atoms with Crippen molar-refractivity contribution in [2.45, 2.75) is 33.4 Å². The number of ether oxygens (including phenoxy) is 1. The first-order chi connectivity index (χ1) is 18.1. The lowest BCUT2D eigenvalue weighted by atomic mass is 10.0. The van der Waals surface area contributed by atoms with Crippen molar-refractivity contribution in [1.82, 2.24) is 9.97 Å². The summed E-state index contributed by atoms with van der Waals surface area (Å²) in [6.45, 7) is 7.05. The molecular formula is C28H27F3N4O3. The number of likely N-dealkylation sites (N-methyl/N-ethyl adjacent to an activating group) is 1. The van der Waals surface area contributed by atoms with Gasteiger partial charge in [-0.1, -0.05) is 11.6 Å². The van der Waals surface area contributed by atoms with Crippen LogP contribution in [0.3, 0.4) is 0 Å². The van der Waals surface area contributed by atoms with E-state index in [1.807, 2.05) is 26.8 Å². The highest BCUT2D eigenvalue weighted by Gasteiger charge is 2.31. The van der Waals surface area contributed by atoms with Crippen molar-refractivity contribution in [2.75, 3.05) is 30.0 Å². The van der Waals surface area contributed by atoms with E-state index in [1.54, 1.807) is 35.4 Å². The molecule has 0 spiro atoms. The van der Waals surface area contributed by atoms with Crippen LogP contribution in [0.5, 0.6) is 0 Å². The fraction of sp³-hybridized carbons (Fsp3) is 0.286. The third kappa shape index (κ3) is 5.91. The lowest BCUT2D eigenvalue weighted by Crippen LogP contribution is -2.35. The van der Waals surface area contributed by atoms with Crippen LogP contribution in [0, 0.1) is 6.92 Å². The molecule has 1 aliphatic heterocycles. The zero-order chi connectivity index (χ0) is 27.4. The summed E-state index contributed by atoms with van der Waals surface area (Å²) in [4.78, 5) is 35.4. The highest BCUT2D eigenvalue weighted by atomic mass is 19.4. The van der Waals surface area contributed by atoms with Gasteiger partial charge in [0, 0.05) is 42.0 Å². The van der Waals surface area contributed by atoms with E-state index in [0.29, 0.717) is 36.4 Å². The van der Waals surface area contributed by atoms with E-state index in [9.17, 15) is 22.8 Å². The van der Waals surface area contributed by atoms with Gasteiger partial charge in [-0.05, 0) is 68.7 Å². The third-order valence-corrected chi connectivity index (χ3v) is 6.36. The second-order valence-electron chi connectivity index (χ2n) is 8.96. The Labute approximate surface area is 218 Å². The van der Waals surface area contributed by atoms with Crippen LogP contribution in [0.2, 0.25) is 0 Å². The van der Waals surface area contributed by atoms with Crippen molar-refractivity contribution in [2.24, 2.45) is 0 Å². The van der Waals surface area contributed by atoms with Gasteiger partial charge >= 0.3 is 6.18 Å². The van der Waals surface area contributed by atoms with Crippen LogP contribution in [0.25, 0.3) is 11.1 Å². The SMILES string of the molecule is CCN(C(=O)C1=C(C)CCOC1)c1ccc(-c2cc(NC(=O)c3cncc(C(F)(F)F)c3)ccc2C)cn1. The Balaban J connectivity index is 1.55. The predicted octanol–water partition coefficient (Wildman–Crippen LogP) is 5.81. The summed E-state index contributed by atoms with van der Waals surface area (Å²) >= 11 is 0. The Morgan fingerprint density at radius 3 is 2.53 bits per heavy atom. The molecule has 0 saturated heterocycles. The van der Waals surface area contributed by atoms with E-state index in [4.69, 9.17) is 4.74 Å². The molecule has 1 aliphatic rings. The molecule has 3 aromatic rings. The van der Waals surface area contributed by atoms with Gasteiger partial charge in [-0.25, -0.2) is 4.98 Å². The number of amides is 2. The Morgan fingerprint density at radius 2 is 1.87 bits per heavy atom. The second kappa shape index (κ2) is 11.1. The van der Waals surface area contributed by atoms with Crippen LogP contribution in [0.15, 0.2) is 66.1 Å². The van der Waals surface area contributed by atoms with Crippen LogP contribution >= 0.6 is 0 Å². The standard InChI is InChI=1S/C28H27F3N4O3/c1-4-35(27(37)24-16-38-10-9-18(24)3)25-8-6-19(14-33-25)23-12-22(7-5-17(23)2)34-26(36)20-11-21(15-32-13-20)28(29,30)31/h5-8,11-15H,4,9-10,16H2,1-3H3,(H,34,36). The fourth-order valence-electron chi connectivity index (χ4n) is 4.13. The smallest absolute Gasteiger partial charge is 0.376 e. The summed E-state index contributed by atoms with van der Waals surface area (Å²) in [5.41, 5.74) is 3.31. The molecule has 1 aromatic carbocycles. The number of carbonyl (C=O) groups excluding carboxylic acids is 2. The van der Waals surface area contributed by atoms with Crippen molar-refractivity contribution in [3.05, 3.63) is 82.8 Å². The van der Waals surface area contributed by atoms with E-state index in [0.717, 1.165) is 40.9 Å². The van der Waals surface area contributed by atoms with Gasteiger partial charge in [0.1, 0.15) is 5.82 Å². The van der Waals surface area contributed by atoms with Crippen LogP contribution in [0.4, 0.5) is 24.7 Å². The molecule has 0 atom stereocenters. The molecule has 0 aliphatic carbocycles. The molecule has 0 unspecified atom stereocenters. The number of nitrogens with zero attached hydrogens (tertiary/aromatic N) is 3. The Hall–Kier alpha value is -4.05. The average molecular weight is 525 g/mol. The number of pyridine rings is 2. The molecule has 10 heteroatoms. The first-order valence-corrected chi connectivity index (χ1v) is 12.1. The zero-order valence-corrected chi connectivity index (χ0v) is 21.2. The number of benzene rings is 1. The molecule has 0 radical (unpaired) electrons. The van der Waals surface area contributed by atoms with Crippen molar-refractivity contribution >= 4 is 23.3 Å². The first kappa shape index (κ1) is 27.0. The summed E-state index contributed by atoms with van der Waals surface area (Å²) in [6.07, 6.45) is -0.473. The van der Waals surface area contributed by atoms with Crippen molar-refractivity contribution < 1.29 is 27.5 Å². The highest BCUT2D eigenvalue weighted by molar-refractivity contribution is 6.06. The Bertz CT molecular complexity index is 1380. The molecule has 3 heterocycles. The summed E-state index contributed by atoms with van der Waals surface area (Å²) in [5, 5.41) is 2.63. The van der Waals surface area contributed by atoms with E-state index < -0.39 is 17.6 Å². The van der Waals surface area contributed by atoms with Crippen molar-refractivity contribution in [3.63, 3.8) is 0 Å². The van der Waals surface area contributed by atoms with Gasteiger partial charge in [-0.3, -0.25) is 19.5 Å². The average Bonchev–Trinajstić information content (AvgIpc) is 2.90. The second-order valence-corrected chi connectivity index (χ2v) is 8.96. The third-order valence-electron chi connectivity index (χ3n) is 6.36. The number of rotatable bonds is 6. The number of halogens is 3. The first-order valence-electron chi connectivity index (χ1n) is 12.1. The largest absolute Gasteiger partial charge is 0.417 e. The van der Waals surface area contributed by atoms with Crippen molar-refractivity contribution in [1.29, 1.82) is 0 Å². The minimum absolute atomic E-state index is 0.130. The maximum absolute atomic E-state index is 13.1. The van der Waals surface area contributed by atoms with Gasteiger partial charge in [-0.15, -0.1) is 0 Å².